The molecule has 214 valence electrons. The number of aliphatic hydroxyl groups excluding tert-OH is 2. The van der Waals surface area contributed by atoms with E-state index < -0.39 is 76.6 Å². The molecule has 0 bridgehead atoms. The minimum absolute atomic E-state index is 0.0239. The molecule has 2 heterocycles. The van der Waals surface area contributed by atoms with Crippen LogP contribution in [0.3, 0.4) is 0 Å². The van der Waals surface area contributed by atoms with Crippen molar-refractivity contribution in [1.29, 1.82) is 0 Å². The summed E-state index contributed by atoms with van der Waals surface area (Å²) < 4.78 is 6.15. The molecule has 0 amide bonds. The maximum Gasteiger partial charge on any atom is 0.259 e. The van der Waals surface area contributed by atoms with Gasteiger partial charge in [0.05, 0.1) is 33.4 Å². The van der Waals surface area contributed by atoms with Gasteiger partial charge in [0.25, 0.3) is 5.56 Å². The van der Waals surface area contributed by atoms with Gasteiger partial charge in [-0.25, -0.2) is 0 Å². The SMILES string of the molecule is COc1cc(=O)c2c(=O)c3c(c(=O)c=2c1=O)=C(O)C1(CCc2cc4cc(CN=Nn5cnnc5)[nH]c(=O)c4c(O)c21)C=3O. The summed E-state index contributed by atoms with van der Waals surface area (Å²) in [7, 11) is 1.12. The molecular weight excluding hydrogens is 564 g/mol. The van der Waals surface area contributed by atoms with Gasteiger partial charge in [0.1, 0.15) is 41.9 Å². The summed E-state index contributed by atoms with van der Waals surface area (Å²) in [5.41, 5.74) is -6.18. The highest BCUT2D eigenvalue weighted by Crippen LogP contribution is 2.54. The Morgan fingerprint density at radius 1 is 0.930 bits per heavy atom. The van der Waals surface area contributed by atoms with Crippen molar-refractivity contribution < 1.29 is 20.1 Å². The van der Waals surface area contributed by atoms with E-state index in [1.807, 2.05) is 0 Å². The lowest BCUT2D eigenvalue weighted by atomic mass is 9.78. The van der Waals surface area contributed by atoms with E-state index in [1.165, 1.54) is 17.3 Å². The van der Waals surface area contributed by atoms with Crippen LogP contribution in [0.2, 0.25) is 0 Å². The third-order valence-corrected chi connectivity index (χ3v) is 8.12. The molecule has 1 aromatic carbocycles. The van der Waals surface area contributed by atoms with Crippen molar-refractivity contribution in [2.45, 2.75) is 24.8 Å². The number of aliphatic hydroxyl groups is 2. The normalized spacial score (nSPS) is 17.5. The quantitative estimate of drug-likeness (QED) is 0.179. The van der Waals surface area contributed by atoms with Gasteiger partial charge < -0.3 is 25.0 Å². The fourth-order valence-corrected chi connectivity index (χ4v) is 6.31. The third-order valence-electron chi connectivity index (χ3n) is 8.12. The Morgan fingerprint density at radius 3 is 2.28 bits per heavy atom. The second kappa shape index (κ2) is 8.75. The highest BCUT2D eigenvalue weighted by atomic mass is 16.5. The lowest BCUT2D eigenvalue weighted by Gasteiger charge is -2.27. The van der Waals surface area contributed by atoms with Crippen molar-refractivity contribution >= 4 is 22.3 Å². The number of phenols is 1. The first-order chi connectivity index (χ1) is 20.6. The second-order valence-electron chi connectivity index (χ2n) is 10.2. The highest BCUT2D eigenvalue weighted by Gasteiger charge is 2.53. The van der Waals surface area contributed by atoms with E-state index >= 15 is 0 Å². The predicted octanol–water partition coefficient (Wildman–Crippen LogP) is -1.48. The Labute approximate surface area is 236 Å². The van der Waals surface area contributed by atoms with Crippen molar-refractivity contribution in [2.75, 3.05) is 7.11 Å². The maximum atomic E-state index is 13.6. The molecule has 7 rings (SSSR count). The molecule has 0 radical (unpaired) electrons. The molecule has 15 heteroatoms. The van der Waals surface area contributed by atoms with Crippen molar-refractivity contribution in [3.8, 4) is 11.5 Å². The van der Waals surface area contributed by atoms with Gasteiger partial charge in [-0.2, -0.15) is 9.79 Å². The molecule has 2 aromatic heterocycles. The zero-order valence-corrected chi connectivity index (χ0v) is 22.0. The molecule has 3 aromatic rings. The summed E-state index contributed by atoms with van der Waals surface area (Å²) in [6.45, 7) is -0.0239. The van der Waals surface area contributed by atoms with Crippen molar-refractivity contribution in [3.63, 3.8) is 0 Å². The second-order valence-corrected chi connectivity index (χ2v) is 10.2. The fourth-order valence-electron chi connectivity index (χ4n) is 6.31. The number of fused-ring (bicyclic) bond motifs is 4. The van der Waals surface area contributed by atoms with Gasteiger partial charge in [0.15, 0.2) is 11.2 Å². The van der Waals surface area contributed by atoms with Crippen molar-refractivity contribution in [2.24, 2.45) is 10.3 Å². The topological polar surface area (TPSA) is 226 Å². The number of rotatable bonds is 4. The summed E-state index contributed by atoms with van der Waals surface area (Å²) in [6.07, 6.45) is 2.72. The first kappa shape index (κ1) is 25.9. The van der Waals surface area contributed by atoms with Crippen LogP contribution >= 0.6 is 0 Å². The summed E-state index contributed by atoms with van der Waals surface area (Å²) in [4.78, 5) is 68.6. The van der Waals surface area contributed by atoms with E-state index in [1.54, 1.807) is 12.1 Å². The molecule has 43 heavy (non-hydrogen) atoms. The number of methoxy groups -OCH3 is 1. The largest absolute Gasteiger partial charge is 0.510 e. The number of phenolic OH excluding ortho intramolecular Hbond substituents is 1. The number of hydrogen-bond acceptors (Lipinski definition) is 13. The van der Waals surface area contributed by atoms with E-state index in [9.17, 15) is 39.3 Å². The summed E-state index contributed by atoms with van der Waals surface area (Å²) in [5, 5.41) is 47.0. The number of aromatic nitrogens is 4. The number of hydrogen-bond donors (Lipinski definition) is 4. The highest BCUT2D eigenvalue weighted by molar-refractivity contribution is 5.94. The monoisotopic (exact) mass is 582 g/mol. The van der Waals surface area contributed by atoms with Crippen LogP contribution < -0.4 is 42.4 Å². The third kappa shape index (κ3) is 3.26. The predicted molar refractivity (Wildman–Crippen MR) is 147 cm³/mol. The van der Waals surface area contributed by atoms with E-state index in [0.717, 1.165) is 13.2 Å². The molecule has 1 atom stereocenters. The van der Waals surface area contributed by atoms with E-state index in [2.05, 4.69) is 25.5 Å². The summed E-state index contributed by atoms with van der Waals surface area (Å²) >= 11 is 0. The molecule has 15 nitrogen and oxygen atoms in total. The average molecular weight is 582 g/mol. The van der Waals surface area contributed by atoms with Gasteiger partial charge in [0, 0.05) is 17.3 Å². The van der Waals surface area contributed by atoms with Gasteiger partial charge in [-0.1, -0.05) is 11.3 Å². The molecule has 4 N–H and O–H groups in total. The fraction of sp³-hybridized carbons (Fsp3) is 0.179. The van der Waals surface area contributed by atoms with Crippen molar-refractivity contribution in [1.82, 2.24) is 19.9 Å². The zero-order chi connectivity index (χ0) is 30.4. The standard InChI is InChI=1S/C28H18N6O9/c1-43-14-6-13(35)16-17(21(14)36)23(38)19-18(22(16)37)25(40)28(26(19)41)3-2-10-4-11-5-12(7-29-33-34-8-30-31-9-34)32-27(42)15(11)24(39)20(10)28/h4-6,8-9,39-41H,2-3,7H2,1H3,(H,32,42). The van der Waals surface area contributed by atoms with Gasteiger partial charge in [0.2, 0.25) is 16.3 Å². The average Bonchev–Trinajstić information content (AvgIpc) is 3.68. The lowest BCUT2D eigenvalue weighted by molar-refractivity contribution is 0.362. The number of ether oxygens (including phenoxy) is 1. The number of aromatic hydroxyl groups is 1. The van der Waals surface area contributed by atoms with Crippen LogP contribution in [0.4, 0.5) is 0 Å². The van der Waals surface area contributed by atoms with Crippen LogP contribution in [0.1, 0.15) is 23.2 Å². The van der Waals surface area contributed by atoms with Crippen LogP contribution in [0.25, 0.3) is 22.3 Å². The molecule has 4 aliphatic carbocycles. The molecule has 0 saturated heterocycles. The molecule has 0 aliphatic heterocycles. The van der Waals surface area contributed by atoms with Crippen LogP contribution in [0.5, 0.6) is 11.5 Å². The Bertz CT molecular complexity index is 2570. The molecule has 1 unspecified atom stereocenters. The minimum atomic E-state index is -1.97. The number of benzene rings is 1. The Kier molecular flexibility index (Phi) is 5.28. The van der Waals surface area contributed by atoms with Gasteiger partial charge in [-0.15, -0.1) is 10.2 Å². The Morgan fingerprint density at radius 2 is 1.60 bits per heavy atom. The van der Waals surface area contributed by atoms with Crippen LogP contribution in [-0.4, -0.2) is 42.3 Å². The van der Waals surface area contributed by atoms with Gasteiger partial charge in [-0.3, -0.25) is 24.0 Å². The Balaban J connectivity index is 1.49. The van der Waals surface area contributed by atoms with E-state index in [0.29, 0.717) is 16.6 Å². The van der Waals surface area contributed by atoms with Crippen molar-refractivity contribution in [3.05, 3.63) is 120 Å². The van der Waals surface area contributed by atoms with Gasteiger partial charge in [-0.05, 0) is 29.9 Å². The smallest absolute Gasteiger partial charge is 0.259 e. The first-order valence-corrected chi connectivity index (χ1v) is 12.8. The summed E-state index contributed by atoms with van der Waals surface area (Å²) in [5.74, 6) is -2.56. The number of H-pyrrole nitrogens is 1. The number of pyridine rings is 1. The molecule has 1 spiro atoms. The van der Waals surface area contributed by atoms with E-state index in [-0.39, 0.29) is 30.3 Å². The molecular formula is C28H18N6O9. The number of nitrogens with zero attached hydrogens (tertiary/aromatic N) is 5. The maximum absolute atomic E-state index is 13.6. The minimum Gasteiger partial charge on any atom is -0.510 e. The zero-order valence-electron chi connectivity index (χ0n) is 22.0. The van der Waals surface area contributed by atoms with E-state index in [4.69, 9.17) is 4.74 Å². The van der Waals surface area contributed by atoms with Crippen LogP contribution in [-0.2, 0) is 18.4 Å². The van der Waals surface area contributed by atoms with Crippen LogP contribution in [0, 0.1) is 10.4 Å². The molecule has 0 saturated carbocycles. The summed E-state index contributed by atoms with van der Waals surface area (Å²) in [6, 6.07) is 3.96. The number of aromatic amines is 1. The number of aryl methyl sites for hydroxylation is 1. The lowest BCUT2D eigenvalue weighted by Crippen LogP contribution is -2.51. The van der Waals surface area contributed by atoms with Crippen LogP contribution in [0.15, 0.2) is 65.2 Å². The molecule has 4 aliphatic rings. The Hall–Kier alpha value is -5.99. The van der Waals surface area contributed by atoms with Gasteiger partial charge >= 0.3 is 0 Å². The number of nitrogens with one attached hydrogen (secondary N) is 1. The molecule has 0 fully saturated rings. The first-order valence-electron chi connectivity index (χ1n) is 12.8.